The molecule has 0 aliphatic carbocycles. The SMILES string of the molecule is C[C@H]1Cc2c(n3ncc(Cc4ccccc4)c3n(-c3ccc(-c4cnnn4C)cc3)c2=O)CN1C(=O)c1ccc(Br)c(C(F)(F)F)c1. The molecule has 1 atom stereocenters. The number of hydrogen-bond donors (Lipinski definition) is 0. The van der Waals surface area contributed by atoms with Crippen LogP contribution in [0.5, 0.6) is 0 Å². The summed E-state index contributed by atoms with van der Waals surface area (Å²) in [5, 5.41) is 12.7. The van der Waals surface area contributed by atoms with Gasteiger partial charge in [0.25, 0.3) is 11.5 Å². The summed E-state index contributed by atoms with van der Waals surface area (Å²) < 4.78 is 45.9. The van der Waals surface area contributed by atoms with E-state index in [0.29, 0.717) is 29.0 Å². The summed E-state index contributed by atoms with van der Waals surface area (Å²) in [7, 11) is 1.80. The van der Waals surface area contributed by atoms with Gasteiger partial charge in [0.15, 0.2) is 0 Å². The number of nitrogens with zero attached hydrogens (tertiary/aromatic N) is 7. The van der Waals surface area contributed by atoms with Crippen LogP contribution in [0.3, 0.4) is 0 Å². The molecule has 1 aliphatic rings. The van der Waals surface area contributed by atoms with Crippen molar-refractivity contribution in [1.29, 1.82) is 0 Å². The molecule has 0 unspecified atom stereocenters. The minimum atomic E-state index is -4.64. The monoisotopic (exact) mass is 701 g/mol. The molecule has 3 aromatic carbocycles. The van der Waals surface area contributed by atoms with Gasteiger partial charge >= 0.3 is 6.18 Å². The summed E-state index contributed by atoms with van der Waals surface area (Å²) in [5.41, 5.74) is 4.48. The van der Waals surface area contributed by atoms with Crippen LogP contribution in [0.1, 0.15) is 45.2 Å². The second-order valence-corrected chi connectivity index (χ2v) is 12.5. The van der Waals surface area contributed by atoms with E-state index in [9.17, 15) is 22.8 Å². The van der Waals surface area contributed by atoms with E-state index in [1.807, 2.05) is 54.6 Å². The van der Waals surface area contributed by atoms with Crippen LogP contribution in [0, 0.1) is 0 Å². The molecule has 0 saturated heterocycles. The summed E-state index contributed by atoms with van der Waals surface area (Å²) in [6, 6.07) is 20.3. The zero-order valence-electron chi connectivity index (χ0n) is 25.2. The van der Waals surface area contributed by atoms with Crippen LogP contribution in [-0.4, -0.2) is 46.0 Å². The molecule has 47 heavy (non-hydrogen) atoms. The average molecular weight is 703 g/mol. The lowest BCUT2D eigenvalue weighted by molar-refractivity contribution is -0.138. The molecular weight excluding hydrogens is 675 g/mol. The largest absolute Gasteiger partial charge is 0.417 e. The Kier molecular flexibility index (Phi) is 7.58. The normalized spacial score (nSPS) is 14.9. The highest BCUT2D eigenvalue weighted by Crippen LogP contribution is 2.36. The molecule has 13 heteroatoms. The molecule has 0 spiro atoms. The fourth-order valence-electron chi connectivity index (χ4n) is 6.21. The van der Waals surface area contributed by atoms with Crippen molar-refractivity contribution in [3.05, 3.63) is 134 Å². The molecule has 0 radical (unpaired) electrons. The van der Waals surface area contributed by atoms with Gasteiger partial charge in [-0.1, -0.05) is 63.6 Å². The minimum Gasteiger partial charge on any atom is -0.330 e. The molecule has 0 bridgehead atoms. The van der Waals surface area contributed by atoms with Crippen LogP contribution in [-0.2, 0) is 32.6 Å². The molecule has 0 N–H and O–H groups in total. The zero-order valence-corrected chi connectivity index (χ0v) is 26.8. The third kappa shape index (κ3) is 5.43. The predicted molar refractivity (Wildman–Crippen MR) is 172 cm³/mol. The summed E-state index contributed by atoms with van der Waals surface area (Å²) in [6.07, 6.45) is -0.545. The van der Waals surface area contributed by atoms with Gasteiger partial charge in [0, 0.05) is 46.2 Å². The van der Waals surface area contributed by atoms with E-state index in [1.54, 1.807) is 40.1 Å². The van der Waals surface area contributed by atoms with Crippen molar-refractivity contribution >= 4 is 27.5 Å². The first kappa shape index (κ1) is 30.6. The Morgan fingerprint density at radius 3 is 2.45 bits per heavy atom. The van der Waals surface area contributed by atoms with E-state index in [2.05, 4.69) is 26.2 Å². The third-order valence-electron chi connectivity index (χ3n) is 8.60. The van der Waals surface area contributed by atoms with Crippen LogP contribution < -0.4 is 5.56 Å². The van der Waals surface area contributed by atoms with Gasteiger partial charge < -0.3 is 4.90 Å². The summed E-state index contributed by atoms with van der Waals surface area (Å²) in [5.74, 6) is -0.560. The maximum atomic E-state index is 14.4. The summed E-state index contributed by atoms with van der Waals surface area (Å²) >= 11 is 2.95. The Bertz CT molecular complexity index is 2210. The van der Waals surface area contributed by atoms with Crippen molar-refractivity contribution in [2.24, 2.45) is 7.05 Å². The van der Waals surface area contributed by atoms with Gasteiger partial charge in [-0.25, -0.2) is 9.20 Å². The van der Waals surface area contributed by atoms with Gasteiger partial charge in [0.05, 0.1) is 41.6 Å². The predicted octanol–water partition coefficient (Wildman–Crippen LogP) is 6.24. The molecular formula is C34H27BrF3N7O2. The molecule has 238 valence electrons. The topological polar surface area (TPSA) is 90.3 Å². The van der Waals surface area contributed by atoms with Crippen LogP contribution in [0.25, 0.3) is 22.6 Å². The standard InChI is InChI=1S/C34H27BrF3N7O2/c1-20-14-26-30(19-43(20)32(46)23-10-13-28(35)27(16-23)34(36,37)38)45-31(24(17-40-45)15-21-6-4-3-5-7-21)44(33(26)47)25-11-8-22(9-12-25)29-18-39-41-42(29)2/h3-13,16-18,20H,14-15,19H2,1-2H3/t20-/m0/s1. The lowest BCUT2D eigenvalue weighted by Crippen LogP contribution is -2.46. The van der Waals surface area contributed by atoms with Gasteiger partial charge in [-0.15, -0.1) is 5.10 Å². The molecule has 0 fully saturated rings. The maximum absolute atomic E-state index is 14.4. The third-order valence-corrected chi connectivity index (χ3v) is 9.29. The molecule has 4 heterocycles. The van der Waals surface area contributed by atoms with E-state index in [-0.39, 0.29) is 28.6 Å². The fraction of sp³-hybridized carbons (Fsp3) is 0.206. The van der Waals surface area contributed by atoms with Crippen LogP contribution in [0.2, 0.25) is 0 Å². The van der Waals surface area contributed by atoms with Crippen LogP contribution in [0.4, 0.5) is 13.2 Å². The number of aromatic nitrogens is 6. The first-order valence-corrected chi connectivity index (χ1v) is 15.6. The number of amides is 1. The quantitative estimate of drug-likeness (QED) is 0.212. The highest BCUT2D eigenvalue weighted by molar-refractivity contribution is 9.10. The second-order valence-electron chi connectivity index (χ2n) is 11.6. The number of carbonyl (C=O) groups is 1. The van der Waals surface area contributed by atoms with Gasteiger partial charge in [-0.3, -0.25) is 14.2 Å². The zero-order chi connectivity index (χ0) is 33.0. The van der Waals surface area contributed by atoms with E-state index in [4.69, 9.17) is 5.10 Å². The minimum absolute atomic E-state index is 0.00177. The second kappa shape index (κ2) is 11.6. The maximum Gasteiger partial charge on any atom is 0.417 e. The van der Waals surface area contributed by atoms with Crippen molar-refractivity contribution in [2.75, 3.05) is 0 Å². The number of halogens is 4. The highest BCUT2D eigenvalue weighted by atomic mass is 79.9. The summed E-state index contributed by atoms with van der Waals surface area (Å²) in [4.78, 5) is 29.7. The van der Waals surface area contributed by atoms with Gasteiger partial charge in [0.2, 0.25) is 0 Å². The number of aryl methyl sites for hydroxylation is 1. The first-order valence-electron chi connectivity index (χ1n) is 14.8. The van der Waals surface area contributed by atoms with Crippen LogP contribution >= 0.6 is 15.9 Å². The average Bonchev–Trinajstić information content (AvgIpc) is 3.67. The number of benzene rings is 3. The number of rotatable bonds is 5. The van der Waals surface area contributed by atoms with Crippen molar-refractivity contribution < 1.29 is 18.0 Å². The molecule has 1 amide bonds. The number of hydrogen-bond acceptors (Lipinski definition) is 5. The Hall–Kier alpha value is -5.04. The Balaban J connectivity index is 1.36. The first-order chi connectivity index (χ1) is 22.5. The summed E-state index contributed by atoms with van der Waals surface area (Å²) in [6.45, 7) is 1.79. The number of carbonyl (C=O) groups excluding carboxylic acids is 1. The molecule has 9 nitrogen and oxygen atoms in total. The van der Waals surface area contributed by atoms with E-state index >= 15 is 0 Å². The highest BCUT2D eigenvalue weighted by Gasteiger charge is 2.36. The molecule has 7 rings (SSSR count). The Morgan fingerprint density at radius 2 is 1.77 bits per heavy atom. The van der Waals surface area contributed by atoms with Crippen molar-refractivity contribution in [2.45, 2.75) is 38.5 Å². The van der Waals surface area contributed by atoms with Gasteiger partial charge in [-0.2, -0.15) is 18.3 Å². The van der Waals surface area contributed by atoms with E-state index in [1.165, 1.54) is 17.0 Å². The van der Waals surface area contributed by atoms with Gasteiger partial charge in [-0.05, 0) is 49.2 Å². The van der Waals surface area contributed by atoms with Crippen LogP contribution in [0.15, 0.2) is 94.5 Å². The smallest absolute Gasteiger partial charge is 0.330 e. The van der Waals surface area contributed by atoms with Crippen molar-refractivity contribution in [3.63, 3.8) is 0 Å². The molecule has 0 saturated carbocycles. The lowest BCUT2D eigenvalue weighted by Gasteiger charge is -2.35. The fourth-order valence-corrected chi connectivity index (χ4v) is 6.68. The molecule has 3 aromatic heterocycles. The number of fused-ring (bicyclic) bond motifs is 3. The van der Waals surface area contributed by atoms with E-state index in [0.717, 1.165) is 28.5 Å². The molecule has 1 aliphatic heterocycles. The van der Waals surface area contributed by atoms with E-state index < -0.39 is 23.7 Å². The van der Waals surface area contributed by atoms with Crippen molar-refractivity contribution in [3.8, 4) is 16.9 Å². The van der Waals surface area contributed by atoms with Crippen molar-refractivity contribution in [1.82, 2.24) is 34.1 Å². The Labute approximate surface area is 275 Å². The molecule has 6 aromatic rings. The lowest BCUT2D eigenvalue weighted by atomic mass is 9.97. The van der Waals surface area contributed by atoms with Gasteiger partial charge in [0.1, 0.15) is 5.65 Å². The number of alkyl halides is 3. The Morgan fingerprint density at radius 1 is 1.02 bits per heavy atom.